The molecule has 0 N–H and O–H groups in total. The molecule has 0 spiro atoms. The Labute approximate surface area is 241 Å². The molecule has 39 heavy (non-hydrogen) atoms. The Bertz CT molecular complexity index is 1180. The highest BCUT2D eigenvalue weighted by Crippen LogP contribution is 2.64. The highest BCUT2D eigenvalue weighted by Gasteiger charge is 2.57. The van der Waals surface area contributed by atoms with E-state index in [0.29, 0.717) is 35.0 Å². The van der Waals surface area contributed by atoms with E-state index in [0.717, 1.165) is 5.92 Å². The van der Waals surface area contributed by atoms with Gasteiger partial charge in [-0.3, -0.25) is 0 Å². The van der Waals surface area contributed by atoms with E-state index in [2.05, 4.69) is 131 Å². The monoisotopic (exact) mass is 524 g/mol. The Morgan fingerprint density at radius 2 is 1.18 bits per heavy atom. The second-order valence-corrected chi connectivity index (χ2v) is 17.1. The van der Waals surface area contributed by atoms with Gasteiger partial charge in [-0.05, 0) is 97.9 Å². The first-order chi connectivity index (χ1) is 18.0. The zero-order valence-corrected chi connectivity index (χ0v) is 27.0. The van der Waals surface area contributed by atoms with Crippen LogP contribution in [0.25, 0.3) is 5.57 Å². The van der Waals surface area contributed by atoms with Crippen LogP contribution in [0.4, 0.5) is 0 Å². The number of fused-ring (bicyclic) bond motifs is 3. The molecule has 5 atom stereocenters. The van der Waals surface area contributed by atoms with Crippen LogP contribution in [0.5, 0.6) is 0 Å². The summed E-state index contributed by atoms with van der Waals surface area (Å²) >= 11 is 0. The highest BCUT2D eigenvalue weighted by atomic mass is 14.6. The molecule has 2 fully saturated rings. The first-order valence-corrected chi connectivity index (χ1v) is 15.9. The molecule has 5 unspecified atom stereocenters. The van der Waals surface area contributed by atoms with Crippen molar-refractivity contribution in [2.45, 2.75) is 107 Å². The summed E-state index contributed by atoms with van der Waals surface area (Å²) in [6, 6.07) is 9.65. The number of hydrogen-bond donors (Lipinski definition) is 0. The molecule has 0 radical (unpaired) electrons. The van der Waals surface area contributed by atoms with Gasteiger partial charge >= 0.3 is 0 Å². The van der Waals surface area contributed by atoms with Crippen molar-refractivity contribution in [2.75, 3.05) is 0 Å². The van der Waals surface area contributed by atoms with Crippen molar-refractivity contribution in [3.63, 3.8) is 0 Å². The van der Waals surface area contributed by atoms with Crippen molar-refractivity contribution in [2.24, 2.45) is 51.8 Å². The van der Waals surface area contributed by atoms with Crippen molar-refractivity contribution in [1.82, 2.24) is 0 Å². The molecule has 0 saturated heterocycles. The Kier molecular flexibility index (Phi) is 7.09. The third kappa shape index (κ3) is 5.20. The maximum Gasteiger partial charge on any atom is -0.00209 e. The number of hydrogen-bond acceptors (Lipinski definition) is 0. The normalized spacial score (nSPS) is 30.0. The molecule has 0 heteroatoms. The van der Waals surface area contributed by atoms with E-state index >= 15 is 0 Å². The van der Waals surface area contributed by atoms with Gasteiger partial charge < -0.3 is 0 Å². The van der Waals surface area contributed by atoms with Crippen LogP contribution in [-0.4, -0.2) is 0 Å². The summed E-state index contributed by atoms with van der Waals surface area (Å²) < 4.78 is 0. The van der Waals surface area contributed by atoms with Crippen LogP contribution in [0.3, 0.4) is 0 Å². The van der Waals surface area contributed by atoms with Gasteiger partial charge in [0.15, 0.2) is 0 Å². The fourth-order valence-electron chi connectivity index (χ4n) is 8.64. The second-order valence-electron chi connectivity index (χ2n) is 17.1. The van der Waals surface area contributed by atoms with Crippen LogP contribution in [-0.2, 0) is 5.41 Å². The third-order valence-corrected chi connectivity index (χ3v) is 11.1. The van der Waals surface area contributed by atoms with E-state index < -0.39 is 0 Å². The van der Waals surface area contributed by atoms with Crippen molar-refractivity contribution < 1.29 is 0 Å². The molecule has 0 aliphatic heterocycles. The molecular weight excluding hydrogens is 468 g/mol. The minimum atomic E-state index is 0.139. The SMILES string of the molecule is CC(C)(C)C1=CC2C(C=C1)C1C(c3ccc(C(C)(C)C)cc3)=CC(C(C)(C)C)=CC1C2C(C)(C)C1CCCC1. The molecule has 0 heterocycles. The van der Waals surface area contributed by atoms with Gasteiger partial charge in [0, 0.05) is 0 Å². The van der Waals surface area contributed by atoms with E-state index in [1.165, 1.54) is 48.0 Å². The van der Waals surface area contributed by atoms with Crippen LogP contribution in [0.2, 0.25) is 0 Å². The first-order valence-electron chi connectivity index (χ1n) is 15.9. The summed E-state index contributed by atoms with van der Waals surface area (Å²) in [6.07, 6.45) is 18.9. The summed E-state index contributed by atoms with van der Waals surface area (Å²) in [4.78, 5) is 0. The van der Waals surface area contributed by atoms with Crippen LogP contribution in [0, 0.1) is 51.8 Å². The maximum atomic E-state index is 2.76. The maximum absolute atomic E-state index is 2.76. The lowest BCUT2D eigenvalue weighted by Gasteiger charge is -2.45. The van der Waals surface area contributed by atoms with Crippen LogP contribution >= 0.6 is 0 Å². The average molecular weight is 525 g/mol. The summed E-state index contributed by atoms with van der Waals surface area (Å²) in [5.41, 5.74) is 8.34. The quantitative estimate of drug-likeness (QED) is 0.369. The van der Waals surface area contributed by atoms with Crippen LogP contribution in [0.15, 0.2) is 65.8 Å². The molecule has 1 aromatic rings. The van der Waals surface area contributed by atoms with E-state index in [1.54, 1.807) is 5.57 Å². The molecular formula is C39H56. The minimum absolute atomic E-state index is 0.139. The van der Waals surface area contributed by atoms with Crippen LogP contribution < -0.4 is 0 Å². The molecule has 0 amide bonds. The molecule has 2 saturated carbocycles. The first kappa shape index (κ1) is 28.7. The Morgan fingerprint density at radius 3 is 1.72 bits per heavy atom. The smallest absolute Gasteiger partial charge is 0.00209 e. The number of rotatable bonds is 3. The minimum Gasteiger partial charge on any atom is -0.0799 e. The Balaban J connectivity index is 1.67. The van der Waals surface area contributed by atoms with E-state index in [4.69, 9.17) is 0 Å². The van der Waals surface area contributed by atoms with Crippen molar-refractivity contribution >= 4 is 5.57 Å². The topological polar surface area (TPSA) is 0 Å². The van der Waals surface area contributed by atoms with Gasteiger partial charge in [0.1, 0.15) is 0 Å². The van der Waals surface area contributed by atoms with Gasteiger partial charge in [-0.1, -0.05) is 144 Å². The van der Waals surface area contributed by atoms with E-state index in [9.17, 15) is 0 Å². The molecule has 4 aliphatic carbocycles. The zero-order valence-electron chi connectivity index (χ0n) is 27.0. The zero-order chi connectivity index (χ0) is 28.5. The highest BCUT2D eigenvalue weighted by molar-refractivity contribution is 5.74. The summed E-state index contributed by atoms with van der Waals surface area (Å²) in [5.74, 6) is 3.79. The van der Waals surface area contributed by atoms with Gasteiger partial charge in [-0.2, -0.15) is 0 Å². The predicted octanol–water partition coefficient (Wildman–Crippen LogP) is 11.2. The fourth-order valence-corrected chi connectivity index (χ4v) is 8.64. The standard InChI is InChI=1S/C39H56/c1-36(2,3)26-18-16-25(17-19-26)31-23-29(38(7,8)9)24-33-34(31)30-21-20-28(37(4,5)6)22-32(30)35(33)39(10,11)27-14-12-13-15-27/h16-24,27,30,32-35H,12-15H2,1-11H3. The lowest BCUT2D eigenvalue weighted by atomic mass is 9.60. The van der Waals surface area contributed by atoms with Gasteiger partial charge in [0.2, 0.25) is 0 Å². The van der Waals surface area contributed by atoms with Gasteiger partial charge in [0.05, 0.1) is 0 Å². The van der Waals surface area contributed by atoms with Crippen molar-refractivity contribution in [1.29, 1.82) is 0 Å². The molecule has 4 aliphatic rings. The molecule has 212 valence electrons. The average Bonchev–Trinajstić information content (AvgIpc) is 3.49. The largest absolute Gasteiger partial charge is 0.0799 e. The van der Waals surface area contributed by atoms with Gasteiger partial charge in [-0.25, -0.2) is 0 Å². The van der Waals surface area contributed by atoms with E-state index in [-0.39, 0.29) is 16.2 Å². The fraction of sp³-hybridized carbons (Fsp3) is 0.641. The molecule has 1 aromatic carbocycles. The Morgan fingerprint density at radius 1 is 0.615 bits per heavy atom. The van der Waals surface area contributed by atoms with Gasteiger partial charge in [-0.15, -0.1) is 0 Å². The number of allylic oxidation sites excluding steroid dienone is 8. The third-order valence-electron chi connectivity index (χ3n) is 11.1. The van der Waals surface area contributed by atoms with Gasteiger partial charge in [0.25, 0.3) is 0 Å². The summed E-state index contributed by atoms with van der Waals surface area (Å²) in [5, 5.41) is 0. The summed E-state index contributed by atoms with van der Waals surface area (Å²) in [6.45, 7) is 26.7. The lowest BCUT2D eigenvalue weighted by Crippen LogP contribution is -2.38. The summed E-state index contributed by atoms with van der Waals surface area (Å²) in [7, 11) is 0. The second kappa shape index (κ2) is 9.63. The number of benzene rings is 1. The molecule has 5 rings (SSSR count). The Hall–Kier alpha value is -1.82. The van der Waals surface area contributed by atoms with E-state index in [1.807, 2.05) is 0 Å². The molecule has 0 bridgehead atoms. The van der Waals surface area contributed by atoms with Crippen LogP contribution in [0.1, 0.15) is 113 Å². The predicted molar refractivity (Wildman–Crippen MR) is 171 cm³/mol. The molecule has 0 aromatic heterocycles. The van der Waals surface area contributed by atoms with Crippen molar-refractivity contribution in [3.05, 3.63) is 76.9 Å². The lowest BCUT2D eigenvalue weighted by molar-refractivity contribution is 0.0744. The molecule has 0 nitrogen and oxygen atoms in total. The van der Waals surface area contributed by atoms with Crippen molar-refractivity contribution in [3.8, 4) is 0 Å².